The van der Waals surface area contributed by atoms with E-state index in [9.17, 15) is 4.79 Å². The maximum absolute atomic E-state index is 11.0. The van der Waals surface area contributed by atoms with Crippen LogP contribution in [0.25, 0.3) is 21.8 Å². The highest BCUT2D eigenvalue weighted by Crippen LogP contribution is 2.27. The Morgan fingerprint density at radius 3 is 2.65 bits per heavy atom. The van der Waals surface area contributed by atoms with E-state index in [1.807, 2.05) is 30.3 Å². The smallest absolute Gasteiger partial charge is 0.221 e. The molecule has 3 heteroatoms. The number of rotatable bonds is 2. The average Bonchev–Trinajstić information content (AvgIpc) is 2.68. The number of nitrogens with two attached hydrogens (primary N) is 1. The maximum Gasteiger partial charge on any atom is 0.221 e. The van der Waals surface area contributed by atoms with Gasteiger partial charge in [-0.1, -0.05) is 36.4 Å². The molecule has 0 atom stereocenters. The lowest BCUT2D eigenvalue weighted by Crippen LogP contribution is -2.13. The predicted octanol–water partition coefficient (Wildman–Crippen LogP) is 2.35. The fourth-order valence-corrected chi connectivity index (χ4v) is 2.27. The van der Waals surface area contributed by atoms with Crippen LogP contribution in [0.4, 0.5) is 0 Å². The highest BCUT2D eigenvalue weighted by atomic mass is 16.1. The van der Waals surface area contributed by atoms with Crippen LogP contribution in [0.5, 0.6) is 0 Å². The second-order valence-corrected chi connectivity index (χ2v) is 4.15. The Labute approximate surface area is 98.2 Å². The molecule has 0 spiro atoms. The minimum atomic E-state index is -0.309. The van der Waals surface area contributed by atoms with E-state index in [1.54, 1.807) is 0 Å². The van der Waals surface area contributed by atoms with E-state index >= 15 is 0 Å². The van der Waals surface area contributed by atoms with Crippen LogP contribution in [-0.4, -0.2) is 10.9 Å². The summed E-state index contributed by atoms with van der Waals surface area (Å²) in [4.78, 5) is 14.4. The first-order chi connectivity index (χ1) is 8.25. The Balaban J connectivity index is 2.35. The zero-order valence-corrected chi connectivity index (χ0v) is 9.23. The number of hydrogen-bond donors (Lipinski definition) is 2. The zero-order chi connectivity index (χ0) is 11.8. The molecule has 0 aliphatic rings. The summed E-state index contributed by atoms with van der Waals surface area (Å²) in [6, 6.07) is 14.1. The van der Waals surface area contributed by atoms with Crippen LogP contribution in [0.3, 0.4) is 0 Å². The van der Waals surface area contributed by atoms with Crippen molar-refractivity contribution in [2.75, 3.05) is 0 Å². The van der Waals surface area contributed by atoms with E-state index in [4.69, 9.17) is 5.73 Å². The number of hydrogen-bond acceptors (Lipinski definition) is 1. The number of aromatic amines is 1. The SMILES string of the molecule is NC(=O)Cc1cccc2c1[nH]c1ccccc12. The molecule has 0 saturated carbocycles. The van der Waals surface area contributed by atoms with Crippen molar-refractivity contribution in [3.05, 3.63) is 48.0 Å². The van der Waals surface area contributed by atoms with Crippen LogP contribution in [0.2, 0.25) is 0 Å². The number of fused-ring (bicyclic) bond motifs is 3. The summed E-state index contributed by atoms with van der Waals surface area (Å²) < 4.78 is 0. The molecule has 3 N–H and O–H groups in total. The van der Waals surface area contributed by atoms with Crippen LogP contribution < -0.4 is 5.73 Å². The fourth-order valence-electron chi connectivity index (χ4n) is 2.27. The minimum absolute atomic E-state index is 0.268. The van der Waals surface area contributed by atoms with Gasteiger partial charge in [0.15, 0.2) is 0 Å². The van der Waals surface area contributed by atoms with Crippen LogP contribution in [-0.2, 0) is 11.2 Å². The molecule has 3 aromatic rings. The van der Waals surface area contributed by atoms with Gasteiger partial charge in [-0.2, -0.15) is 0 Å². The topological polar surface area (TPSA) is 58.9 Å². The summed E-state index contributed by atoms with van der Waals surface area (Å²) in [7, 11) is 0. The van der Waals surface area contributed by atoms with Crippen molar-refractivity contribution in [1.29, 1.82) is 0 Å². The number of aromatic nitrogens is 1. The zero-order valence-electron chi connectivity index (χ0n) is 9.23. The van der Waals surface area contributed by atoms with Gasteiger partial charge in [0.25, 0.3) is 0 Å². The molecule has 0 saturated heterocycles. The number of carbonyl (C=O) groups excluding carboxylic acids is 1. The molecule has 1 heterocycles. The van der Waals surface area contributed by atoms with Gasteiger partial charge in [-0.15, -0.1) is 0 Å². The predicted molar refractivity (Wildman–Crippen MR) is 68.7 cm³/mol. The molecule has 3 rings (SSSR count). The van der Waals surface area contributed by atoms with Gasteiger partial charge in [0.2, 0.25) is 5.91 Å². The first-order valence-corrected chi connectivity index (χ1v) is 5.52. The summed E-state index contributed by atoms with van der Waals surface area (Å²) in [5, 5.41) is 2.31. The Morgan fingerprint density at radius 1 is 1.06 bits per heavy atom. The Hall–Kier alpha value is -2.29. The number of H-pyrrole nitrogens is 1. The third-order valence-electron chi connectivity index (χ3n) is 2.99. The summed E-state index contributed by atoms with van der Waals surface area (Å²) in [6.45, 7) is 0. The minimum Gasteiger partial charge on any atom is -0.369 e. The monoisotopic (exact) mass is 224 g/mol. The fraction of sp³-hybridized carbons (Fsp3) is 0.0714. The molecule has 3 nitrogen and oxygen atoms in total. The van der Waals surface area contributed by atoms with E-state index in [0.717, 1.165) is 22.0 Å². The molecule has 1 amide bonds. The van der Waals surface area contributed by atoms with Crippen molar-refractivity contribution in [2.45, 2.75) is 6.42 Å². The Bertz CT molecular complexity index is 712. The second kappa shape index (κ2) is 3.63. The summed E-state index contributed by atoms with van der Waals surface area (Å²) in [5.41, 5.74) is 8.30. The summed E-state index contributed by atoms with van der Waals surface area (Å²) >= 11 is 0. The quantitative estimate of drug-likeness (QED) is 0.689. The molecule has 0 unspecified atom stereocenters. The van der Waals surface area contributed by atoms with Gasteiger partial charge < -0.3 is 10.7 Å². The van der Waals surface area contributed by atoms with Crippen molar-refractivity contribution in [3.63, 3.8) is 0 Å². The van der Waals surface area contributed by atoms with E-state index in [-0.39, 0.29) is 12.3 Å². The van der Waals surface area contributed by atoms with Gasteiger partial charge in [0.05, 0.1) is 11.9 Å². The van der Waals surface area contributed by atoms with Crippen LogP contribution in [0.1, 0.15) is 5.56 Å². The van der Waals surface area contributed by atoms with E-state index in [0.29, 0.717) is 0 Å². The normalized spacial score (nSPS) is 11.1. The first-order valence-electron chi connectivity index (χ1n) is 5.52. The highest BCUT2D eigenvalue weighted by Gasteiger charge is 2.08. The van der Waals surface area contributed by atoms with E-state index < -0.39 is 0 Å². The van der Waals surface area contributed by atoms with E-state index in [1.165, 1.54) is 5.39 Å². The summed E-state index contributed by atoms with van der Waals surface area (Å²) in [6.07, 6.45) is 0.268. The van der Waals surface area contributed by atoms with Crippen molar-refractivity contribution >= 4 is 27.7 Å². The van der Waals surface area contributed by atoms with Gasteiger partial charge in [0, 0.05) is 16.3 Å². The number of primary amides is 1. The molecule has 0 bridgehead atoms. The van der Waals surface area contributed by atoms with Crippen molar-refractivity contribution in [3.8, 4) is 0 Å². The Morgan fingerprint density at radius 2 is 1.82 bits per heavy atom. The lowest BCUT2D eigenvalue weighted by molar-refractivity contribution is -0.117. The molecule has 0 radical (unpaired) electrons. The highest BCUT2D eigenvalue weighted by molar-refractivity contribution is 6.08. The molecular formula is C14H12N2O. The lowest BCUT2D eigenvalue weighted by atomic mass is 10.1. The lowest BCUT2D eigenvalue weighted by Gasteiger charge is -1.99. The Kier molecular flexibility index (Phi) is 2.11. The molecule has 17 heavy (non-hydrogen) atoms. The number of nitrogens with one attached hydrogen (secondary N) is 1. The standard InChI is InChI=1S/C14H12N2O/c15-13(17)8-9-4-3-6-11-10-5-1-2-7-12(10)16-14(9)11/h1-7,16H,8H2,(H2,15,17). The van der Waals surface area contributed by atoms with E-state index in [2.05, 4.69) is 17.1 Å². The molecule has 0 aliphatic carbocycles. The van der Waals surface area contributed by atoms with Gasteiger partial charge >= 0.3 is 0 Å². The second-order valence-electron chi connectivity index (χ2n) is 4.15. The molecule has 84 valence electrons. The van der Waals surface area contributed by atoms with Crippen molar-refractivity contribution < 1.29 is 4.79 Å². The van der Waals surface area contributed by atoms with Crippen LogP contribution >= 0.6 is 0 Å². The van der Waals surface area contributed by atoms with Crippen LogP contribution in [0, 0.1) is 0 Å². The number of carbonyl (C=O) groups is 1. The maximum atomic E-state index is 11.0. The number of para-hydroxylation sites is 2. The number of benzene rings is 2. The molecule has 0 fully saturated rings. The third-order valence-corrected chi connectivity index (χ3v) is 2.99. The van der Waals surface area contributed by atoms with Crippen LogP contribution in [0.15, 0.2) is 42.5 Å². The van der Waals surface area contributed by atoms with Crippen molar-refractivity contribution in [2.24, 2.45) is 5.73 Å². The molecule has 0 aliphatic heterocycles. The number of amides is 1. The molecule has 2 aromatic carbocycles. The van der Waals surface area contributed by atoms with Gasteiger partial charge in [-0.3, -0.25) is 4.79 Å². The first kappa shape index (κ1) is 9.90. The summed E-state index contributed by atoms with van der Waals surface area (Å²) in [5.74, 6) is -0.309. The third kappa shape index (κ3) is 1.56. The van der Waals surface area contributed by atoms with Gasteiger partial charge in [0.1, 0.15) is 0 Å². The largest absolute Gasteiger partial charge is 0.369 e. The molecule has 1 aromatic heterocycles. The molecular weight excluding hydrogens is 212 g/mol. The average molecular weight is 224 g/mol. The van der Waals surface area contributed by atoms with Crippen molar-refractivity contribution in [1.82, 2.24) is 4.98 Å². The van der Waals surface area contributed by atoms with Gasteiger partial charge in [-0.25, -0.2) is 0 Å². The van der Waals surface area contributed by atoms with Gasteiger partial charge in [-0.05, 0) is 11.6 Å².